The first kappa shape index (κ1) is 18.7. The van der Waals surface area contributed by atoms with Gasteiger partial charge in [-0.25, -0.2) is 18.1 Å². The van der Waals surface area contributed by atoms with E-state index in [2.05, 4.69) is 20.9 Å². The van der Waals surface area contributed by atoms with Crippen LogP contribution in [0.1, 0.15) is 12.5 Å². The molecule has 0 spiro atoms. The third-order valence-corrected chi connectivity index (χ3v) is 5.52. The number of hydrogen-bond donors (Lipinski definition) is 1. The van der Waals surface area contributed by atoms with Gasteiger partial charge in [-0.05, 0) is 40.0 Å². The van der Waals surface area contributed by atoms with Crippen molar-refractivity contribution >= 4 is 43.5 Å². The Bertz CT molecular complexity index is 858. The van der Waals surface area contributed by atoms with Crippen LogP contribution in [0.25, 0.3) is 0 Å². The number of carbonyl (C=O) groups is 1. The summed E-state index contributed by atoms with van der Waals surface area (Å²) in [6.45, 7) is 1.54. The number of ether oxygens (including phenoxy) is 1. The molecular formula is C15H14BrClN2O4S. The quantitative estimate of drug-likeness (QED) is 0.708. The fourth-order valence-corrected chi connectivity index (χ4v) is 3.41. The highest BCUT2D eigenvalue weighted by Gasteiger charge is 2.19. The number of pyridine rings is 1. The van der Waals surface area contributed by atoms with Crippen LogP contribution < -0.4 is 9.46 Å². The molecule has 0 saturated heterocycles. The van der Waals surface area contributed by atoms with Gasteiger partial charge in [-0.3, -0.25) is 4.79 Å². The molecule has 24 heavy (non-hydrogen) atoms. The van der Waals surface area contributed by atoms with Crippen molar-refractivity contribution in [3.8, 4) is 5.75 Å². The number of aromatic nitrogens is 1. The van der Waals surface area contributed by atoms with Crippen molar-refractivity contribution in [1.82, 2.24) is 9.71 Å². The number of halogens is 2. The normalized spacial score (nSPS) is 11.1. The van der Waals surface area contributed by atoms with E-state index in [4.69, 9.17) is 16.3 Å². The molecule has 1 aromatic heterocycles. The zero-order chi connectivity index (χ0) is 17.7. The lowest BCUT2D eigenvalue weighted by Gasteiger charge is -2.11. The van der Waals surface area contributed by atoms with Gasteiger partial charge in [-0.15, -0.1) is 0 Å². The second-order valence-corrected chi connectivity index (χ2v) is 7.62. The fraction of sp³-hybridized carbons (Fsp3) is 0.200. The Hall–Kier alpha value is -1.64. The standard InChI is InChI=1S/C15H14BrClN2O4S/c1-2-10-5-3-4-6-13(10)23-9-14(20)19-24(21,22)11-7-12(16)15(17)18-8-11/h3-8H,2,9H2,1H3,(H,19,20). The van der Waals surface area contributed by atoms with Crippen LogP contribution in [0.5, 0.6) is 5.75 Å². The average molecular weight is 434 g/mol. The number of nitrogens with one attached hydrogen (secondary N) is 1. The molecule has 6 nitrogen and oxygen atoms in total. The van der Waals surface area contributed by atoms with E-state index >= 15 is 0 Å². The molecule has 2 aromatic rings. The first-order chi connectivity index (χ1) is 11.3. The van der Waals surface area contributed by atoms with Crippen molar-refractivity contribution in [2.45, 2.75) is 18.2 Å². The summed E-state index contributed by atoms with van der Waals surface area (Å²) in [6.07, 6.45) is 1.80. The summed E-state index contributed by atoms with van der Waals surface area (Å²) in [7, 11) is -4.05. The number of benzene rings is 1. The molecule has 0 atom stereocenters. The molecule has 0 aliphatic carbocycles. The van der Waals surface area contributed by atoms with E-state index in [0.717, 1.165) is 18.2 Å². The highest BCUT2D eigenvalue weighted by molar-refractivity contribution is 9.10. The van der Waals surface area contributed by atoms with E-state index in [0.29, 0.717) is 10.2 Å². The van der Waals surface area contributed by atoms with Crippen molar-refractivity contribution in [2.75, 3.05) is 6.61 Å². The van der Waals surface area contributed by atoms with Gasteiger partial charge in [0.15, 0.2) is 6.61 Å². The van der Waals surface area contributed by atoms with Gasteiger partial charge in [0, 0.05) is 6.20 Å². The summed E-state index contributed by atoms with van der Waals surface area (Å²) in [6, 6.07) is 8.50. The minimum absolute atomic E-state index is 0.125. The largest absolute Gasteiger partial charge is 0.483 e. The number of sulfonamides is 1. The smallest absolute Gasteiger partial charge is 0.271 e. The maximum absolute atomic E-state index is 12.1. The number of aryl methyl sites for hydroxylation is 1. The molecule has 1 N–H and O–H groups in total. The van der Waals surface area contributed by atoms with Crippen molar-refractivity contribution in [3.05, 3.63) is 51.7 Å². The second kappa shape index (κ2) is 7.96. The molecule has 128 valence electrons. The lowest BCUT2D eigenvalue weighted by Crippen LogP contribution is -2.34. The molecule has 0 bridgehead atoms. The molecular weight excluding hydrogens is 420 g/mol. The van der Waals surface area contributed by atoms with Gasteiger partial charge in [-0.1, -0.05) is 36.7 Å². The van der Waals surface area contributed by atoms with Gasteiger partial charge in [0.1, 0.15) is 15.8 Å². The molecule has 9 heteroatoms. The number of amides is 1. The van der Waals surface area contributed by atoms with Gasteiger partial charge < -0.3 is 4.74 Å². The van der Waals surface area contributed by atoms with Crippen LogP contribution in [0.15, 0.2) is 45.9 Å². The number of hydrogen-bond acceptors (Lipinski definition) is 5. The van der Waals surface area contributed by atoms with E-state index < -0.39 is 22.5 Å². The number of rotatable bonds is 6. The lowest BCUT2D eigenvalue weighted by atomic mass is 10.1. The van der Waals surface area contributed by atoms with Crippen molar-refractivity contribution < 1.29 is 17.9 Å². The predicted molar refractivity (Wildman–Crippen MR) is 93.6 cm³/mol. The van der Waals surface area contributed by atoms with Gasteiger partial charge in [0.2, 0.25) is 0 Å². The molecule has 2 rings (SSSR count). The monoisotopic (exact) mass is 432 g/mol. The maximum atomic E-state index is 12.1. The van der Waals surface area contributed by atoms with Crippen molar-refractivity contribution in [2.24, 2.45) is 0 Å². The molecule has 1 amide bonds. The van der Waals surface area contributed by atoms with E-state index in [-0.39, 0.29) is 10.0 Å². The fourth-order valence-electron chi connectivity index (χ4n) is 1.87. The molecule has 1 heterocycles. The Kier molecular flexibility index (Phi) is 6.20. The Labute approximate surface area is 153 Å². The van der Waals surface area contributed by atoms with Crippen LogP contribution in [0.2, 0.25) is 5.15 Å². The highest BCUT2D eigenvalue weighted by atomic mass is 79.9. The molecule has 0 saturated carbocycles. The lowest BCUT2D eigenvalue weighted by molar-refractivity contribution is -0.121. The number of carbonyl (C=O) groups excluding carboxylic acids is 1. The summed E-state index contributed by atoms with van der Waals surface area (Å²) in [5.41, 5.74) is 0.930. The molecule has 1 aromatic carbocycles. The van der Waals surface area contributed by atoms with Crippen LogP contribution in [0.3, 0.4) is 0 Å². The van der Waals surface area contributed by atoms with E-state index in [1.54, 1.807) is 12.1 Å². The van der Waals surface area contributed by atoms with Crippen LogP contribution in [0.4, 0.5) is 0 Å². The summed E-state index contributed by atoms with van der Waals surface area (Å²) in [5, 5.41) is 0.125. The Morgan fingerprint density at radius 2 is 2.08 bits per heavy atom. The summed E-state index contributed by atoms with van der Waals surface area (Å²) >= 11 is 8.81. The molecule has 0 fully saturated rings. The van der Waals surface area contributed by atoms with Gasteiger partial charge >= 0.3 is 0 Å². The molecule has 0 aliphatic heterocycles. The Morgan fingerprint density at radius 1 is 1.38 bits per heavy atom. The predicted octanol–water partition coefficient (Wildman–Crippen LogP) is 2.94. The van der Waals surface area contributed by atoms with Gasteiger partial charge in [0.05, 0.1) is 4.47 Å². The first-order valence-corrected chi connectivity index (χ1v) is 9.56. The molecule has 0 unspecified atom stereocenters. The SMILES string of the molecule is CCc1ccccc1OCC(=O)NS(=O)(=O)c1cnc(Cl)c(Br)c1. The first-order valence-electron chi connectivity index (χ1n) is 6.91. The zero-order valence-corrected chi connectivity index (χ0v) is 15.8. The van der Waals surface area contributed by atoms with Crippen LogP contribution in [-0.4, -0.2) is 25.9 Å². The topological polar surface area (TPSA) is 85.4 Å². The average Bonchev–Trinajstić information content (AvgIpc) is 2.55. The van der Waals surface area contributed by atoms with Gasteiger partial charge in [-0.2, -0.15) is 0 Å². The summed E-state index contributed by atoms with van der Waals surface area (Å²) in [4.78, 5) is 15.4. The number of para-hydroxylation sites is 1. The Morgan fingerprint density at radius 3 is 2.75 bits per heavy atom. The Balaban J connectivity index is 2.04. The zero-order valence-electron chi connectivity index (χ0n) is 12.6. The minimum Gasteiger partial charge on any atom is -0.483 e. The third-order valence-electron chi connectivity index (χ3n) is 3.04. The maximum Gasteiger partial charge on any atom is 0.271 e. The van der Waals surface area contributed by atoms with Crippen LogP contribution in [-0.2, 0) is 21.2 Å². The minimum atomic E-state index is -4.05. The van der Waals surface area contributed by atoms with Crippen LogP contribution in [0, 0.1) is 0 Å². The van der Waals surface area contributed by atoms with E-state index in [9.17, 15) is 13.2 Å². The highest BCUT2D eigenvalue weighted by Crippen LogP contribution is 2.22. The van der Waals surface area contributed by atoms with Crippen molar-refractivity contribution in [1.29, 1.82) is 0 Å². The van der Waals surface area contributed by atoms with E-state index in [1.165, 1.54) is 6.07 Å². The summed E-state index contributed by atoms with van der Waals surface area (Å²) in [5.74, 6) is -0.240. The molecule has 0 radical (unpaired) electrons. The third kappa shape index (κ3) is 4.68. The van der Waals surface area contributed by atoms with Gasteiger partial charge in [0.25, 0.3) is 15.9 Å². The van der Waals surface area contributed by atoms with Crippen LogP contribution >= 0.6 is 27.5 Å². The number of nitrogens with zero attached hydrogens (tertiary/aromatic N) is 1. The van der Waals surface area contributed by atoms with E-state index in [1.807, 2.05) is 23.8 Å². The molecule has 0 aliphatic rings. The van der Waals surface area contributed by atoms with Crippen molar-refractivity contribution in [3.63, 3.8) is 0 Å². The second-order valence-electron chi connectivity index (χ2n) is 4.72. The summed E-state index contributed by atoms with van der Waals surface area (Å²) < 4.78 is 31.9.